The second-order valence-electron chi connectivity index (χ2n) is 4.21. The Hall–Kier alpha value is -2.40. The smallest absolute Gasteiger partial charge is 0.243 e. The molecule has 2 aromatic heterocycles. The van der Waals surface area contributed by atoms with Crippen molar-refractivity contribution in [3.63, 3.8) is 0 Å². The number of fused-ring (bicyclic) bond motifs is 1. The molecule has 0 aliphatic carbocycles. The van der Waals surface area contributed by atoms with E-state index in [1.54, 1.807) is 24.5 Å². The van der Waals surface area contributed by atoms with Crippen LogP contribution in [0, 0.1) is 0 Å². The number of rotatable bonds is 3. The predicted molar refractivity (Wildman–Crippen MR) is 81.6 cm³/mol. The van der Waals surface area contributed by atoms with Crippen molar-refractivity contribution in [2.24, 2.45) is 0 Å². The zero-order chi connectivity index (χ0) is 13.9. The molecule has 0 unspecified atom stereocenters. The van der Waals surface area contributed by atoms with Crippen LogP contribution in [0.25, 0.3) is 22.3 Å². The van der Waals surface area contributed by atoms with Gasteiger partial charge in [0.1, 0.15) is 0 Å². The van der Waals surface area contributed by atoms with Crippen molar-refractivity contribution in [1.82, 2.24) is 14.7 Å². The molecule has 20 heavy (non-hydrogen) atoms. The molecule has 2 heterocycles. The monoisotopic (exact) mass is 283 g/mol. The van der Waals surface area contributed by atoms with Gasteiger partial charge in [0.15, 0.2) is 4.96 Å². The van der Waals surface area contributed by atoms with E-state index in [2.05, 4.69) is 10.3 Å². The van der Waals surface area contributed by atoms with Crippen LogP contribution >= 0.6 is 11.3 Å². The first-order valence-corrected chi connectivity index (χ1v) is 7.08. The van der Waals surface area contributed by atoms with Crippen molar-refractivity contribution in [3.05, 3.63) is 53.7 Å². The highest BCUT2D eigenvalue weighted by Crippen LogP contribution is 2.27. The zero-order valence-corrected chi connectivity index (χ0v) is 11.7. The Morgan fingerprint density at radius 3 is 2.90 bits per heavy atom. The number of benzene rings is 1. The number of likely N-dealkylation sites (N-methyl/N-ethyl adjacent to an activating group) is 1. The summed E-state index contributed by atoms with van der Waals surface area (Å²) < 4.78 is 1.99. The van der Waals surface area contributed by atoms with E-state index < -0.39 is 0 Å². The lowest BCUT2D eigenvalue weighted by molar-refractivity contribution is -0.115. The molecule has 0 radical (unpaired) electrons. The summed E-state index contributed by atoms with van der Waals surface area (Å²) in [6.07, 6.45) is 5.28. The second kappa shape index (κ2) is 5.30. The van der Waals surface area contributed by atoms with Crippen molar-refractivity contribution in [1.29, 1.82) is 0 Å². The molecule has 5 heteroatoms. The van der Waals surface area contributed by atoms with E-state index in [0.717, 1.165) is 21.9 Å². The Labute approximate surface area is 120 Å². The minimum Gasteiger partial charge on any atom is -0.356 e. The molecule has 0 bridgehead atoms. The Balaban J connectivity index is 2.14. The van der Waals surface area contributed by atoms with E-state index in [4.69, 9.17) is 0 Å². The average molecular weight is 283 g/mol. The molecule has 3 rings (SSSR count). The molecular weight excluding hydrogens is 270 g/mol. The first-order valence-electron chi connectivity index (χ1n) is 6.20. The van der Waals surface area contributed by atoms with Gasteiger partial charge in [0.05, 0.1) is 11.4 Å². The van der Waals surface area contributed by atoms with Gasteiger partial charge in [-0.3, -0.25) is 9.20 Å². The zero-order valence-electron chi connectivity index (χ0n) is 10.9. The maximum absolute atomic E-state index is 11.4. The minimum atomic E-state index is -0.130. The van der Waals surface area contributed by atoms with Crippen molar-refractivity contribution in [2.45, 2.75) is 0 Å². The summed E-state index contributed by atoms with van der Waals surface area (Å²) in [6.45, 7) is 0. The van der Waals surface area contributed by atoms with Crippen LogP contribution in [0.5, 0.6) is 0 Å². The number of hydrogen-bond donors (Lipinski definition) is 1. The van der Waals surface area contributed by atoms with Gasteiger partial charge in [-0.05, 0) is 6.08 Å². The van der Waals surface area contributed by atoms with Gasteiger partial charge < -0.3 is 5.32 Å². The number of carbonyl (C=O) groups is 1. The normalized spacial score (nSPS) is 11.2. The van der Waals surface area contributed by atoms with E-state index in [9.17, 15) is 4.79 Å². The Bertz CT molecular complexity index is 771. The summed E-state index contributed by atoms with van der Waals surface area (Å²) in [6, 6.07) is 9.97. The SMILES string of the molecule is CNC(=O)C=Cc1c(-c2ccccc2)nc2sccn12. The maximum Gasteiger partial charge on any atom is 0.243 e. The lowest BCUT2D eigenvalue weighted by Crippen LogP contribution is -2.13. The van der Waals surface area contributed by atoms with Gasteiger partial charge in [-0.1, -0.05) is 30.3 Å². The van der Waals surface area contributed by atoms with Crippen LogP contribution in [0.3, 0.4) is 0 Å². The number of nitrogens with zero attached hydrogens (tertiary/aromatic N) is 2. The molecule has 0 fully saturated rings. The summed E-state index contributed by atoms with van der Waals surface area (Å²) in [4.78, 5) is 17.0. The van der Waals surface area contributed by atoms with Gasteiger partial charge in [0.2, 0.25) is 5.91 Å². The minimum absolute atomic E-state index is 0.130. The Kier molecular flexibility index (Phi) is 3.35. The van der Waals surface area contributed by atoms with Crippen LogP contribution in [0.4, 0.5) is 0 Å². The molecule has 1 amide bonds. The largest absolute Gasteiger partial charge is 0.356 e. The predicted octanol–water partition coefficient (Wildman–Crippen LogP) is 2.82. The molecule has 1 aromatic carbocycles. The summed E-state index contributed by atoms with van der Waals surface area (Å²) in [5, 5.41) is 4.56. The van der Waals surface area contributed by atoms with Gasteiger partial charge >= 0.3 is 0 Å². The van der Waals surface area contributed by atoms with Crippen LogP contribution in [0.2, 0.25) is 0 Å². The number of carbonyl (C=O) groups excluding carboxylic acids is 1. The molecular formula is C15H13N3OS. The van der Waals surface area contributed by atoms with E-state index in [1.807, 2.05) is 46.3 Å². The number of aromatic nitrogens is 2. The van der Waals surface area contributed by atoms with Crippen LogP contribution < -0.4 is 5.32 Å². The third-order valence-electron chi connectivity index (χ3n) is 2.99. The maximum atomic E-state index is 11.4. The van der Waals surface area contributed by atoms with Crippen LogP contribution in [-0.2, 0) is 4.79 Å². The fraction of sp³-hybridized carbons (Fsp3) is 0.0667. The van der Waals surface area contributed by atoms with Crippen LogP contribution in [-0.4, -0.2) is 22.3 Å². The molecule has 0 aliphatic heterocycles. The lowest BCUT2D eigenvalue weighted by Gasteiger charge is -1.99. The quantitative estimate of drug-likeness (QED) is 0.751. The molecule has 100 valence electrons. The topological polar surface area (TPSA) is 46.4 Å². The summed E-state index contributed by atoms with van der Waals surface area (Å²) in [5.41, 5.74) is 2.84. The average Bonchev–Trinajstić information content (AvgIpc) is 3.06. The van der Waals surface area contributed by atoms with E-state index >= 15 is 0 Å². The van der Waals surface area contributed by atoms with E-state index in [1.165, 1.54) is 6.08 Å². The summed E-state index contributed by atoms with van der Waals surface area (Å²) in [5.74, 6) is -0.130. The summed E-state index contributed by atoms with van der Waals surface area (Å²) >= 11 is 1.57. The van der Waals surface area contributed by atoms with Gasteiger partial charge in [-0.25, -0.2) is 4.98 Å². The molecule has 0 saturated carbocycles. The highest BCUT2D eigenvalue weighted by atomic mass is 32.1. The molecule has 0 atom stereocenters. The first-order chi connectivity index (χ1) is 9.79. The van der Waals surface area contributed by atoms with Gasteiger partial charge in [0, 0.05) is 30.3 Å². The van der Waals surface area contributed by atoms with Crippen molar-refractivity contribution < 1.29 is 4.79 Å². The van der Waals surface area contributed by atoms with Gasteiger partial charge in [0.25, 0.3) is 0 Å². The molecule has 4 nitrogen and oxygen atoms in total. The van der Waals surface area contributed by atoms with Gasteiger partial charge in [-0.15, -0.1) is 11.3 Å². The highest BCUT2D eigenvalue weighted by molar-refractivity contribution is 7.15. The molecule has 0 saturated heterocycles. The number of imidazole rings is 1. The van der Waals surface area contributed by atoms with Gasteiger partial charge in [-0.2, -0.15) is 0 Å². The highest BCUT2D eigenvalue weighted by Gasteiger charge is 2.12. The molecule has 0 aliphatic rings. The van der Waals surface area contributed by atoms with E-state index in [-0.39, 0.29) is 5.91 Å². The number of nitrogens with one attached hydrogen (secondary N) is 1. The third kappa shape index (κ3) is 2.23. The van der Waals surface area contributed by atoms with Crippen molar-refractivity contribution in [2.75, 3.05) is 7.05 Å². The molecule has 3 aromatic rings. The Morgan fingerprint density at radius 1 is 1.35 bits per heavy atom. The number of thiazole rings is 1. The molecule has 0 spiro atoms. The van der Waals surface area contributed by atoms with Crippen LogP contribution in [0.1, 0.15) is 5.69 Å². The van der Waals surface area contributed by atoms with Crippen molar-refractivity contribution in [3.8, 4) is 11.3 Å². The van der Waals surface area contributed by atoms with Crippen LogP contribution in [0.15, 0.2) is 48.0 Å². The first kappa shape index (κ1) is 12.6. The molecule has 1 N–H and O–H groups in total. The second-order valence-corrected chi connectivity index (χ2v) is 5.09. The summed E-state index contributed by atoms with van der Waals surface area (Å²) in [7, 11) is 1.61. The standard InChI is InChI=1S/C15H13N3OS/c1-16-13(19)8-7-12-14(11-5-3-2-4-6-11)17-15-18(12)9-10-20-15/h2-10H,1H3,(H,16,19). The fourth-order valence-corrected chi connectivity index (χ4v) is 2.73. The Morgan fingerprint density at radius 2 is 2.15 bits per heavy atom. The lowest BCUT2D eigenvalue weighted by atomic mass is 10.1. The van der Waals surface area contributed by atoms with E-state index in [0.29, 0.717) is 0 Å². The number of hydrogen-bond acceptors (Lipinski definition) is 3. The fourth-order valence-electron chi connectivity index (χ4n) is 2.01. The third-order valence-corrected chi connectivity index (χ3v) is 3.74. The number of amides is 1. The van der Waals surface area contributed by atoms with Crippen molar-refractivity contribution >= 4 is 28.3 Å².